The van der Waals surface area contributed by atoms with Crippen molar-refractivity contribution in [2.45, 2.75) is 103 Å². The standard InChI is InChI=1S/C19H39F3O3S2/c1-4-7-10-13-16-26(17-14-11-8-5-2,18-15-12-9-6-3)25-27(23,24)19(20,21)22/h4-18H2,1-3H3. The van der Waals surface area contributed by atoms with E-state index in [4.69, 9.17) is 3.63 Å². The van der Waals surface area contributed by atoms with Gasteiger partial charge in [-0.3, -0.25) is 0 Å². The maximum absolute atomic E-state index is 13.0. The summed E-state index contributed by atoms with van der Waals surface area (Å²) in [4.78, 5) is 0. The summed E-state index contributed by atoms with van der Waals surface area (Å²) in [5, 5.41) is 0. The average Bonchev–Trinajstić information content (AvgIpc) is 2.58. The molecular formula is C19H39F3O3S2. The van der Waals surface area contributed by atoms with Crippen LogP contribution in [0.25, 0.3) is 0 Å². The lowest BCUT2D eigenvalue weighted by molar-refractivity contribution is -0.0496. The lowest BCUT2D eigenvalue weighted by Gasteiger charge is -2.39. The number of hydrogen-bond acceptors (Lipinski definition) is 3. The van der Waals surface area contributed by atoms with Crippen LogP contribution in [0.15, 0.2) is 0 Å². The SMILES string of the molecule is CCCCCCS(CCCCCC)(CCCCCC)OS(=O)(=O)C(F)(F)F. The molecule has 0 saturated carbocycles. The highest BCUT2D eigenvalue weighted by atomic mass is 32.3. The molecule has 0 rings (SSSR count). The second-order valence-electron chi connectivity index (χ2n) is 7.23. The van der Waals surface area contributed by atoms with Crippen molar-refractivity contribution in [3.8, 4) is 0 Å². The Balaban J connectivity index is 5.32. The molecule has 166 valence electrons. The van der Waals surface area contributed by atoms with Crippen LogP contribution in [0.1, 0.15) is 97.8 Å². The van der Waals surface area contributed by atoms with Crippen molar-refractivity contribution < 1.29 is 25.2 Å². The maximum atomic E-state index is 13.0. The van der Waals surface area contributed by atoms with Crippen LogP contribution in [-0.2, 0) is 13.7 Å². The zero-order chi connectivity index (χ0) is 20.8. The van der Waals surface area contributed by atoms with Crippen LogP contribution in [-0.4, -0.2) is 31.2 Å². The number of hydrogen-bond donors (Lipinski definition) is 0. The predicted molar refractivity (Wildman–Crippen MR) is 111 cm³/mol. The van der Waals surface area contributed by atoms with Crippen molar-refractivity contribution in [2.75, 3.05) is 17.3 Å². The van der Waals surface area contributed by atoms with E-state index in [1.165, 1.54) is 0 Å². The summed E-state index contributed by atoms with van der Waals surface area (Å²) >= 11 is 0. The van der Waals surface area contributed by atoms with Crippen molar-refractivity contribution in [3.63, 3.8) is 0 Å². The average molecular weight is 437 g/mol. The molecule has 0 aliphatic heterocycles. The van der Waals surface area contributed by atoms with Gasteiger partial charge in [-0.05, 0) is 19.3 Å². The Kier molecular flexibility index (Phi) is 14.1. The molecule has 0 aromatic heterocycles. The van der Waals surface area contributed by atoms with E-state index in [0.717, 1.165) is 77.0 Å². The third kappa shape index (κ3) is 11.6. The summed E-state index contributed by atoms with van der Waals surface area (Å²) < 4.78 is 67.7. The Morgan fingerprint density at radius 2 is 0.963 bits per heavy atom. The van der Waals surface area contributed by atoms with Crippen molar-refractivity contribution in [2.24, 2.45) is 0 Å². The van der Waals surface area contributed by atoms with Gasteiger partial charge in [-0.15, -0.1) is 10.3 Å². The van der Waals surface area contributed by atoms with Crippen molar-refractivity contribution in [1.82, 2.24) is 0 Å². The van der Waals surface area contributed by atoms with Gasteiger partial charge in [-0.25, -0.2) is 3.63 Å². The van der Waals surface area contributed by atoms with Gasteiger partial charge in [0, 0.05) is 17.3 Å². The van der Waals surface area contributed by atoms with Crippen molar-refractivity contribution >= 4 is 20.4 Å². The number of unbranched alkanes of at least 4 members (excludes halogenated alkanes) is 9. The number of alkyl halides is 3. The third-order valence-electron chi connectivity index (χ3n) is 4.63. The highest BCUT2D eigenvalue weighted by molar-refractivity contribution is 8.33. The molecule has 0 aliphatic rings. The van der Waals surface area contributed by atoms with Gasteiger partial charge in [0.2, 0.25) is 0 Å². The lowest BCUT2D eigenvalue weighted by atomic mass is 10.2. The molecule has 8 heteroatoms. The summed E-state index contributed by atoms with van der Waals surface area (Å²) in [6, 6.07) is 0. The van der Waals surface area contributed by atoms with Crippen LogP contribution >= 0.6 is 10.3 Å². The Morgan fingerprint density at radius 1 is 0.630 bits per heavy atom. The molecule has 0 aromatic rings. The normalized spacial score (nSPS) is 13.9. The van der Waals surface area contributed by atoms with Crippen LogP contribution in [0.4, 0.5) is 13.2 Å². The first-order valence-corrected chi connectivity index (χ1v) is 13.9. The molecule has 0 amide bonds. The molecule has 0 fully saturated rings. The van der Waals surface area contributed by atoms with E-state index in [9.17, 15) is 21.6 Å². The molecule has 0 atom stereocenters. The van der Waals surface area contributed by atoms with Gasteiger partial charge in [0.05, 0.1) is 0 Å². The summed E-state index contributed by atoms with van der Waals surface area (Å²) in [6.45, 7) is 6.21. The fraction of sp³-hybridized carbons (Fsp3) is 1.00. The first-order chi connectivity index (χ1) is 12.6. The predicted octanol–water partition coefficient (Wildman–Crippen LogP) is 7.31. The highest BCUT2D eigenvalue weighted by Gasteiger charge is 2.50. The molecule has 0 aromatic carbocycles. The van der Waals surface area contributed by atoms with E-state index >= 15 is 0 Å². The minimum Gasteiger partial charge on any atom is -0.213 e. The smallest absolute Gasteiger partial charge is 0.213 e. The third-order valence-corrected chi connectivity index (χ3v) is 10.2. The van der Waals surface area contributed by atoms with Gasteiger partial charge in [0.1, 0.15) is 0 Å². The van der Waals surface area contributed by atoms with Gasteiger partial charge in [-0.1, -0.05) is 78.6 Å². The molecule has 0 saturated heterocycles. The van der Waals surface area contributed by atoms with E-state index in [-0.39, 0.29) is 0 Å². The van der Waals surface area contributed by atoms with Gasteiger partial charge in [0.15, 0.2) is 0 Å². The van der Waals surface area contributed by atoms with Gasteiger partial charge < -0.3 is 0 Å². The fourth-order valence-electron chi connectivity index (χ4n) is 3.01. The Morgan fingerprint density at radius 3 is 1.22 bits per heavy atom. The number of halogens is 3. The molecule has 27 heavy (non-hydrogen) atoms. The van der Waals surface area contributed by atoms with E-state index in [1.54, 1.807) is 0 Å². The van der Waals surface area contributed by atoms with Crippen LogP contribution in [0.2, 0.25) is 0 Å². The maximum Gasteiger partial charge on any atom is 0.523 e. The summed E-state index contributed by atoms with van der Waals surface area (Å²) in [6.07, 6.45) is 11.0. The summed E-state index contributed by atoms with van der Waals surface area (Å²) in [7, 11) is -7.83. The molecule has 0 radical (unpaired) electrons. The van der Waals surface area contributed by atoms with Crippen LogP contribution in [0.3, 0.4) is 0 Å². The summed E-state index contributed by atoms with van der Waals surface area (Å²) in [5.41, 5.74) is -5.35. The largest absolute Gasteiger partial charge is 0.523 e. The molecule has 0 aliphatic carbocycles. The Labute approximate surface area is 166 Å². The fourth-order valence-corrected chi connectivity index (χ4v) is 8.46. The molecule has 0 N–H and O–H groups in total. The first-order valence-electron chi connectivity index (χ1n) is 10.4. The van der Waals surface area contributed by atoms with Gasteiger partial charge >= 0.3 is 15.6 Å². The molecule has 0 bridgehead atoms. The second kappa shape index (κ2) is 14.1. The first kappa shape index (κ1) is 27.0. The number of rotatable bonds is 17. The Hall–Kier alpha value is 0.0500. The lowest BCUT2D eigenvalue weighted by Crippen LogP contribution is -2.30. The monoisotopic (exact) mass is 436 g/mol. The Bertz CT molecular complexity index is 434. The van der Waals surface area contributed by atoms with E-state index in [0.29, 0.717) is 17.3 Å². The van der Waals surface area contributed by atoms with E-state index in [1.807, 2.05) is 0 Å². The zero-order valence-corrected chi connectivity index (χ0v) is 18.9. The van der Waals surface area contributed by atoms with Crippen LogP contribution in [0.5, 0.6) is 0 Å². The van der Waals surface area contributed by atoms with Crippen molar-refractivity contribution in [3.05, 3.63) is 0 Å². The van der Waals surface area contributed by atoms with Crippen LogP contribution < -0.4 is 0 Å². The molecule has 0 unspecified atom stereocenters. The van der Waals surface area contributed by atoms with Gasteiger partial charge in [0.25, 0.3) is 0 Å². The van der Waals surface area contributed by atoms with Crippen molar-refractivity contribution in [1.29, 1.82) is 0 Å². The van der Waals surface area contributed by atoms with E-state index in [2.05, 4.69) is 20.8 Å². The summed E-state index contributed by atoms with van der Waals surface area (Å²) in [5.74, 6) is 1.38. The van der Waals surface area contributed by atoms with E-state index < -0.39 is 25.9 Å². The van der Waals surface area contributed by atoms with Gasteiger partial charge in [-0.2, -0.15) is 21.6 Å². The molecule has 0 heterocycles. The molecule has 0 spiro atoms. The quantitative estimate of drug-likeness (QED) is 0.177. The molecular weight excluding hydrogens is 397 g/mol. The second-order valence-corrected chi connectivity index (χ2v) is 12.3. The highest BCUT2D eigenvalue weighted by Crippen LogP contribution is 2.55. The topological polar surface area (TPSA) is 43.4 Å². The minimum atomic E-state index is -5.55. The minimum absolute atomic E-state index is 0.459. The zero-order valence-electron chi connectivity index (χ0n) is 17.3. The molecule has 3 nitrogen and oxygen atoms in total. The van der Waals surface area contributed by atoms with Crippen LogP contribution in [0, 0.1) is 0 Å².